The predicted octanol–water partition coefficient (Wildman–Crippen LogP) is 4.48. The maximum Gasteiger partial charge on any atom is 0.446 e. The number of hydrazone groups is 1. The van der Waals surface area contributed by atoms with Crippen LogP contribution in [0.1, 0.15) is 5.56 Å². The fourth-order valence-electron chi connectivity index (χ4n) is 1.65. The van der Waals surface area contributed by atoms with Crippen molar-refractivity contribution in [2.45, 2.75) is 10.4 Å². The summed E-state index contributed by atoms with van der Waals surface area (Å²) in [5.41, 5.74) is -1.31. The number of hydrogen-bond acceptors (Lipinski definition) is 4. The number of halogens is 4. The van der Waals surface area contributed by atoms with Crippen LogP contribution in [0.5, 0.6) is 5.75 Å². The summed E-state index contributed by atoms with van der Waals surface area (Å²) >= 11 is 5.53. The maximum atomic E-state index is 12.2. The zero-order chi connectivity index (χ0) is 18.3. The molecule has 9 heteroatoms. The van der Waals surface area contributed by atoms with Crippen molar-refractivity contribution in [1.82, 2.24) is 5.43 Å². The average molecular weight is 389 g/mol. The molecule has 0 saturated heterocycles. The van der Waals surface area contributed by atoms with Crippen molar-refractivity contribution in [3.8, 4) is 5.75 Å². The number of nitrogens with one attached hydrogen (secondary N) is 1. The molecule has 0 atom stereocenters. The van der Waals surface area contributed by atoms with Gasteiger partial charge in [0.05, 0.1) is 6.21 Å². The van der Waals surface area contributed by atoms with Crippen LogP contribution in [0.2, 0.25) is 5.02 Å². The van der Waals surface area contributed by atoms with E-state index in [0.29, 0.717) is 5.02 Å². The van der Waals surface area contributed by atoms with Gasteiger partial charge in [0.2, 0.25) is 0 Å². The first-order valence-electron chi connectivity index (χ1n) is 6.88. The third-order valence-corrected chi connectivity index (χ3v) is 3.69. The summed E-state index contributed by atoms with van der Waals surface area (Å²) in [7, 11) is 0. The zero-order valence-corrected chi connectivity index (χ0v) is 14.2. The SMILES string of the molecule is O=C(COc1ccc(SC(F)(F)F)cc1)N/N=C/c1ccc(Cl)cc1. The highest BCUT2D eigenvalue weighted by atomic mass is 35.5. The van der Waals surface area contributed by atoms with E-state index in [0.717, 1.165) is 5.56 Å². The van der Waals surface area contributed by atoms with Gasteiger partial charge in [-0.1, -0.05) is 23.7 Å². The lowest BCUT2D eigenvalue weighted by atomic mass is 10.2. The van der Waals surface area contributed by atoms with E-state index in [9.17, 15) is 18.0 Å². The van der Waals surface area contributed by atoms with Crippen LogP contribution in [0.15, 0.2) is 58.5 Å². The van der Waals surface area contributed by atoms with Crippen molar-refractivity contribution < 1.29 is 22.7 Å². The van der Waals surface area contributed by atoms with Gasteiger partial charge in [0.1, 0.15) is 5.75 Å². The first kappa shape index (κ1) is 19.1. The molecule has 25 heavy (non-hydrogen) atoms. The summed E-state index contributed by atoms with van der Waals surface area (Å²) in [5.74, 6) is -0.220. The van der Waals surface area contributed by atoms with E-state index in [-0.39, 0.29) is 29.0 Å². The normalized spacial score (nSPS) is 11.5. The second-order valence-electron chi connectivity index (χ2n) is 4.65. The van der Waals surface area contributed by atoms with E-state index in [2.05, 4.69) is 10.5 Å². The second-order valence-corrected chi connectivity index (χ2v) is 6.23. The van der Waals surface area contributed by atoms with Gasteiger partial charge in [-0.2, -0.15) is 18.3 Å². The number of benzene rings is 2. The molecule has 2 aromatic carbocycles. The summed E-state index contributed by atoms with van der Waals surface area (Å²) < 4.78 is 41.8. The molecule has 0 spiro atoms. The monoisotopic (exact) mass is 388 g/mol. The molecule has 0 radical (unpaired) electrons. The minimum Gasteiger partial charge on any atom is -0.484 e. The molecule has 0 heterocycles. The Morgan fingerprint density at radius 1 is 1.16 bits per heavy atom. The lowest BCUT2D eigenvalue weighted by Crippen LogP contribution is -2.24. The van der Waals surface area contributed by atoms with Crippen molar-refractivity contribution in [3.63, 3.8) is 0 Å². The molecular weight excluding hydrogens is 377 g/mol. The Labute approximate surface area is 151 Å². The number of amides is 1. The maximum absolute atomic E-state index is 12.2. The van der Waals surface area contributed by atoms with Gasteiger partial charge in [0.15, 0.2) is 6.61 Å². The summed E-state index contributed by atoms with van der Waals surface area (Å²) in [4.78, 5) is 11.6. The van der Waals surface area contributed by atoms with E-state index in [1.165, 1.54) is 30.5 Å². The highest BCUT2D eigenvalue weighted by Gasteiger charge is 2.29. The molecule has 0 bridgehead atoms. The number of carbonyl (C=O) groups excluding carboxylic acids is 1. The summed E-state index contributed by atoms with van der Waals surface area (Å²) in [6, 6.07) is 12.1. The second kappa shape index (κ2) is 8.77. The molecule has 0 aliphatic rings. The number of carbonyl (C=O) groups is 1. The van der Waals surface area contributed by atoms with E-state index < -0.39 is 11.4 Å². The Kier molecular flexibility index (Phi) is 6.72. The van der Waals surface area contributed by atoms with Gasteiger partial charge in [-0.15, -0.1) is 0 Å². The molecule has 0 aromatic heterocycles. The van der Waals surface area contributed by atoms with Crippen LogP contribution in [0, 0.1) is 0 Å². The molecule has 0 aliphatic heterocycles. The van der Waals surface area contributed by atoms with Gasteiger partial charge in [-0.25, -0.2) is 5.43 Å². The molecule has 1 amide bonds. The quantitative estimate of drug-likeness (QED) is 0.451. The van der Waals surface area contributed by atoms with Gasteiger partial charge in [-0.3, -0.25) is 4.79 Å². The van der Waals surface area contributed by atoms with Gasteiger partial charge < -0.3 is 4.74 Å². The minimum absolute atomic E-state index is 0.0388. The highest BCUT2D eigenvalue weighted by molar-refractivity contribution is 8.00. The topological polar surface area (TPSA) is 50.7 Å². The lowest BCUT2D eigenvalue weighted by molar-refractivity contribution is -0.123. The van der Waals surface area contributed by atoms with Crippen LogP contribution in [-0.2, 0) is 4.79 Å². The molecule has 0 saturated carbocycles. The Bertz CT molecular complexity index is 735. The average Bonchev–Trinajstić information content (AvgIpc) is 2.55. The number of alkyl halides is 3. The largest absolute Gasteiger partial charge is 0.484 e. The third-order valence-electron chi connectivity index (χ3n) is 2.70. The Balaban J connectivity index is 1.77. The predicted molar refractivity (Wildman–Crippen MR) is 91.0 cm³/mol. The van der Waals surface area contributed by atoms with Gasteiger partial charge in [-0.05, 0) is 53.7 Å². The summed E-state index contributed by atoms with van der Waals surface area (Å²) in [6.07, 6.45) is 1.44. The van der Waals surface area contributed by atoms with E-state index in [4.69, 9.17) is 16.3 Å². The number of hydrogen-bond donors (Lipinski definition) is 1. The minimum atomic E-state index is -4.34. The smallest absolute Gasteiger partial charge is 0.446 e. The lowest BCUT2D eigenvalue weighted by Gasteiger charge is -2.07. The molecule has 2 rings (SSSR count). The highest BCUT2D eigenvalue weighted by Crippen LogP contribution is 2.37. The van der Waals surface area contributed by atoms with E-state index in [1.54, 1.807) is 24.3 Å². The third kappa shape index (κ3) is 7.49. The van der Waals surface area contributed by atoms with Crippen molar-refractivity contribution in [2.75, 3.05) is 6.61 Å². The van der Waals surface area contributed by atoms with Crippen molar-refractivity contribution in [3.05, 3.63) is 59.1 Å². The molecule has 2 aromatic rings. The first-order chi connectivity index (χ1) is 11.8. The number of nitrogens with zero attached hydrogens (tertiary/aromatic N) is 1. The molecule has 0 fully saturated rings. The van der Waals surface area contributed by atoms with Crippen LogP contribution >= 0.6 is 23.4 Å². The Morgan fingerprint density at radius 2 is 1.80 bits per heavy atom. The van der Waals surface area contributed by atoms with E-state index in [1.807, 2.05) is 0 Å². The molecule has 4 nitrogen and oxygen atoms in total. The van der Waals surface area contributed by atoms with Crippen LogP contribution in [0.3, 0.4) is 0 Å². The zero-order valence-electron chi connectivity index (χ0n) is 12.6. The fourth-order valence-corrected chi connectivity index (χ4v) is 2.31. The van der Waals surface area contributed by atoms with Crippen molar-refractivity contribution in [1.29, 1.82) is 0 Å². The standard InChI is InChI=1S/C16H12ClF3N2O2S/c17-12-3-1-11(2-4-12)9-21-22-15(23)10-24-13-5-7-14(8-6-13)25-16(18,19)20/h1-9H,10H2,(H,22,23)/b21-9+. The number of thioether (sulfide) groups is 1. The number of ether oxygens (including phenoxy) is 1. The molecular formula is C16H12ClF3N2O2S. The van der Waals surface area contributed by atoms with Crippen molar-refractivity contribution >= 4 is 35.5 Å². The van der Waals surface area contributed by atoms with Crippen LogP contribution in [0.25, 0.3) is 0 Å². The van der Waals surface area contributed by atoms with Crippen LogP contribution < -0.4 is 10.2 Å². The van der Waals surface area contributed by atoms with Gasteiger partial charge in [0, 0.05) is 9.92 Å². The fraction of sp³-hybridized carbons (Fsp3) is 0.125. The van der Waals surface area contributed by atoms with Crippen LogP contribution in [-0.4, -0.2) is 24.2 Å². The van der Waals surface area contributed by atoms with Gasteiger partial charge >= 0.3 is 5.51 Å². The summed E-state index contributed by atoms with van der Waals surface area (Å²) in [5, 5.41) is 4.35. The van der Waals surface area contributed by atoms with Gasteiger partial charge in [0.25, 0.3) is 5.91 Å². The number of rotatable bonds is 6. The Hall–Kier alpha value is -2.19. The molecule has 0 unspecified atom stereocenters. The summed E-state index contributed by atoms with van der Waals surface area (Å²) in [6.45, 7) is -0.316. The van der Waals surface area contributed by atoms with E-state index >= 15 is 0 Å². The molecule has 132 valence electrons. The van der Waals surface area contributed by atoms with Crippen LogP contribution in [0.4, 0.5) is 13.2 Å². The molecule has 0 aliphatic carbocycles. The first-order valence-corrected chi connectivity index (χ1v) is 8.07. The van der Waals surface area contributed by atoms with Crippen molar-refractivity contribution in [2.24, 2.45) is 5.10 Å². The molecule has 1 N–H and O–H groups in total. The Morgan fingerprint density at radius 3 is 2.40 bits per heavy atom.